The largest absolute Gasteiger partial charge is 0.462 e. The van der Waals surface area contributed by atoms with E-state index in [1.54, 1.807) is 0 Å². The van der Waals surface area contributed by atoms with Crippen molar-refractivity contribution in [3.8, 4) is 0 Å². The molecular formula is C64H117N2O4+. The van der Waals surface area contributed by atoms with E-state index in [9.17, 15) is 14.4 Å². The van der Waals surface area contributed by atoms with E-state index in [1.165, 1.54) is 250 Å². The third kappa shape index (κ3) is 21.6. The van der Waals surface area contributed by atoms with Gasteiger partial charge in [0.1, 0.15) is 6.10 Å². The highest BCUT2D eigenvalue weighted by Gasteiger charge is 2.60. The Balaban J connectivity index is 1.11. The van der Waals surface area contributed by atoms with Crippen molar-refractivity contribution in [2.75, 3.05) is 33.2 Å². The van der Waals surface area contributed by atoms with Crippen LogP contribution in [0.15, 0.2) is 11.6 Å². The van der Waals surface area contributed by atoms with Crippen LogP contribution in [0, 0.1) is 34.5 Å². The van der Waals surface area contributed by atoms with Gasteiger partial charge in [-0.3, -0.25) is 14.4 Å². The number of ether oxygens (including phenoxy) is 1. The molecule has 0 aromatic rings. The van der Waals surface area contributed by atoms with Gasteiger partial charge in [0.05, 0.1) is 39.6 Å². The Morgan fingerprint density at radius 3 is 1.51 bits per heavy atom. The summed E-state index contributed by atoms with van der Waals surface area (Å²) in [6.45, 7) is 15.7. The summed E-state index contributed by atoms with van der Waals surface area (Å²) in [5.74, 6) is 2.50. The highest BCUT2D eigenvalue weighted by molar-refractivity contribution is 5.91. The number of hydrogen-bond acceptors (Lipinski definition) is 4. The zero-order chi connectivity index (χ0) is 50.3. The second-order valence-corrected chi connectivity index (χ2v) is 25.1. The number of ketones is 1. The molecular weight excluding hydrogens is 861 g/mol. The predicted molar refractivity (Wildman–Crippen MR) is 298 cm³/mol. The molecule has 0 aromatic heterocycles. The van der Waals surface area contributed by atoms with E-state index in [2.05, 4.69) is 47.0 Å². The number of nitrogens with zero attached hydrogens (tertiary/aromatic N) is 1. The van der Waals surface area contributed by atoms with Crippen molar-refractivity contribution in [1.82, 2.24) is 5.32 Å². The maximum Gasteiger partial charge on any atom is 0.306 e. The second-order valence-electron chi connectivity index (χ2n) is 25.1. The van der Waals surface area contributed by atoms with Gasteiger partial charge in [0.25, 0.3) is 0 Å². The van der Waals surface area contributed by atoms with E-state index in [0.29, 0.717) is 42.4 Å². The van der Waals surface area contributed by atoms with Crippen molar-refractivity contribution >= 4 is 17.7 Å². The van der Waals surface area contributed by atoms with Gasteiger partial charge in [-0.05, 0) is 112 Å². The number of carbonyl (C=O) groups excluding carboxylic acids is 3. The molecule has 406 valence electrons. The van der Waals surface area contributed by atoms with Crippen LogP contribution in [0.3, 0.4) is 0 Å². The minimum atomic E-state index is -0.220. The fourth-order valence-corrected chi connectivity index (χ4v) is 14.9. The molecule has 6 heteroatoms. The van der Waals surface area contributed by atoms with Gasteiger partial charge in [0, 0.05) is 18.8 Å². The first-order valence-corrected chi connectivity index (χ1v) is 31.5. The van der Waals surface area contributed by atoms with Gasteiger partial charge < -0.3 is 14.5 Å². The van der Waals surface area contributed by atoms with Crippen molar-refractivity contribution in [2.45, 2.75) is 310 Å². The smallest absolute Gasteiger partial charge is 0.306 e. The number of unbranched alkanes of at least 4 members (excludes halogenated alkanes) is 30. The van der Waals surface area contributed by atoms with Crippen LogP contribution in [-0.2, 0) is 19.1 Å². The monoisotopic (exact) mass is 978 g/mol. The molecule has 7 atom stereocenters. The molecule has 6 nitrogen and oxygen atoms in total. The van der Waals surface area contributed by atoms with E-state index < -0.39 is 0 Å². The summed E-state index contributed by atoms with van der Waals surface area (Å²) in [4.78, 5) is 38.8. The Kier molecular flexibility index (Phi) is 30.2. The summed E-state index contributed by atoms with van der Waals surface area (Å²) in [6.07, 6.45) is 55.7. The van der Waals surface area contributed by atoms with Gasteiger partial charge >= 0.3 is 5.97 Å². The summed E-state index contributed by atoms with van der Waals surface area (Å²) in [6, 6.07) is 0. The molecule has 0 bridgehead atoms. The Bertz CT molecular complexity index is 1420. The lowest BCUT2D eigenvalue weighted by Crippen LogP contribution is -2.51. The van der Waals surface area contributed by atoms with Crippen molar-refractivity contribution in [2.24, 2.45) is 34.5 Å². The van der Waals surface area contributed by atoms with Crippen LogP contribution in [-0.4, -0.2) is 61.5 Å². The van der Waals surface area contributed by atoms with Crippen LogP contribution in [0.25, 0.3) is 0 Å². The van der Waals surface area contributed by atoms with Gasteiger partial charge in [-0.1, -0.05) is 213 Å². The van der Waals surface area contributed by atoms with E-state index in [-0.39, 0.29) is 41.7 Å². The topological polar surface area (TPSA) is 72.5 Å². The molecule has 0 saturated heterocycles. The lowest BCUT2D eigenvalue weighted by molar-refractivity contribution is -0.908. The van der Waals surface area contributed by atoms with Crippen molar-refractivity contribution in [3.05, 3.63) is 11.6 Å². The van der Waals surface area contributed by atoms with Gasteiger partial charge in [-0.15, -0.1) is 0 Å². The molecule has 70 heavy (non-hydrogen) atoms. The average molecular weight is 979 g/mol. The van der Waals surface area contributed by atoms with Crippen LogP contribution >= 0.6 is 0 Å². The van der Waals surface area contributed by atoms with E-state index in [4.69, 9.17) is 4.74 Å². The van der Waals surface area contributed by atoms with Crippen molar-refractivity contribution in [1.29, 1.82) is 0 Å². The molecule has 4 unspecified atom stereocenters. The Labute approximate surface area is 434 Å². The second kappa shape index (κ2) is 34.7. The Hall–Kier alpha value is -1.69. The van der Waals surface area contributed by atoms with Crippen LogP contribution in [0.4, 0.5) is 0 Å². The number of allylic oxidation sites excluding steroid dienone is 1. The van der Waals surface area contributed by atoms with Gasteiger partial charge in [-0.2, -0.15) is 0 Å². The van der Waals surface area contributed by atoms with Crippen LogP contribution in [0.1, 0.15) is 304 Å². The third-order valence-electron chi connectivity index (χ3n) is 19.6. The number of rotatable bonds is 42. The SMILES string of the molecule is CCCCCCCCCCCCCCCCCC[N+](C)(CCCCCCCCCCCCCCCCCC)CCNC(=O)CCC(=O)OC(C)[C@H]1CCC2C3CCC4=CC(=O)CC[C@]4(C)C3CC[C@@]21C. The maximum atomic E-state index is 13.3. The van der Waals surface area contributed by atoms with Crippen LogP contribution in [0.2, 0.25) is 0 Å². The fraction of sp³-hybridized carbons (Fsp3) is 0.922. The number of esters is 1. The van der Waals surface area contributed by atoms with Crippen molar-refractivity contribution < 1.29 is 23.6 Å². The molecule has 4 rings (SSSR count). The number of quaternary nitrogens is 1. The molecule has 1 amide bonds. The number of hydrogen-bond donors (Lipinski definition) is 1. The number of nitrogens with one attached hydrogen (secondary N) is 1. The number of likely N-dealkylation sites (N-methyl/N-ethyl adjacent to an activating group) is 1. The van der Waals surface area contributed by atoms with Gasteiger partial charge in [0.2, 0.25) is 5.91 Å². The quantitative estimate of drug-likeness (QED) is 0.0376. The van der Waals surface area contributed by atoms with E-state index in [0.717, 1.165) is 30.3 Å². The maximum absolute atomic E-state index is 13.3. The molecule has 4 aliphatic carbocycles. The summed E-state index contributed by atoms with van der Waals surface area (Å²) in [7, 11) is 2.43. The zero-order valence-corrected chi connectivity index (χ0v) is 47.6. The number of carbonyl (C=O) groups is 3. The predicted octanol–water partition coefficient (Wildman–Crippen LogP) is 17.9. The first kappa shape index (κ1) is 60.9. The number of fused-ring (bicyclic) bond motifs is 5. The summed E-state index contributed by atoms with van der Waals surface area (Å²) < 4.78 is 7.22. The lowest BCUT2D eigenvalue weighted by Gasteiger charge is -2.58. The normalized spacial score (nSPS) is 24.7. The van der Waals surface area contributed by atoms with Crippen LogP contribution < -0.4 is 5.32 Å². The molecule has 3 saturated carbocycles. The molecule has 0 aliphatic heterocycles. The average Bonchev–Trinajstić information content (AvgIpc) is 3.71. The van der Waals surface area contributed by atoms with E-state index >= 15 is 0 Å². The van der Waals surface area contributed by atoms with Gasteiger partial charge in [0.15, 0.2) is 5.78 Å². The standard InChI is InChI=1S/C64H116N2O4/c1-7-9-11-13-15-17-19-21-23-25-27-29-31-33-35-37-50-66(6,51-38-36-34-32-30-28-26-24-22-20-18-16-14-12-10-8-2)52-49-65-61(68)43-44-62(69)70-54(3)58-41-42-59-57-40-39-55-53-56(67)45-47-63(55,4)60(57)46-48-64(58,59)5/h53-54,57-60H,7-52H2,1-6H3/p+1/t54?,57?,58-,59?,60?,63+,64-/m1/s1. The van der Waals surface area contributed by atoms with Crippen LogP contribution in [0.5, 0.6) is 0 Å². The molecule has 0 spiro atoms. The highest BCUT2D eigenvalue weighted by atomic mass is 16.5. The molecule has 4 aliphatic rings. The Morgan fingerprint density at radius 1 is 0.586 bits per heavy atom. The molecule has 0 heterocycles. The fourth-order valence-electron chi connectivity index (χ4n) is 14.9. The van der Waals surface area contributed by atoms with Gasteiger partial charge in [-0.25, -0.2) is 0 Å². The zero-order valence-electron chi connectivity index (χ0n) is 47.6. The third-order valence-corrected chi connectivity index (χ3v) is 19.6. The first-order chi connectivity index (χ1) is 34.0. The molecule has 0 radical (unpaired) electrons. The van der Waals surface area contributed by atoms with Crippen molar-refractivity contribution in [3.63, 3.8) is 0 Å². The lowest BCUT2D eigenvalue weighted by atomic mass is 9.46. The number of amides is 1. The molecule has 1 N–H and O–H groups in total. The molecule has 0 aromatic carbocycles. The molecule has 3 fully saturated rings. The minimum Gasteiger partial charge on any atom is -0.462 e. The summed E-state index contributed by atoms with van der Waals surface area (Å²) >= 11 is 0. The highest BCUT2D eigenvalue weighted by Crippen LogP contribution is 2.67. The Morgan fingerprint density at radius 2 is 1.04 bits per heavy atom. The summed E-state index contributed by atoms with van der Waals surface area (Å²) in [5.41, 5.74) is 1.80. The summed E-state index contributed by atoms with van der Waals surface area (Å²) in [5, 5.41) is 3.22. The minimum absolute atomic E-state index is 0.0178. The first-order valence-electron chi connectivity index (χ1n) is 31.5. The van der Waals surface area contributed by atoms with E-state index in [1.807, 2.05) is 6.08 Å².